The van der Waals surface area contributed by atoms with Gasteiger partial charge in [-0.3, -0.25) is 24.1 Å². The molecule has 39 heavy (non-hydrogen) atoms. The quantitative estimate of drug-likeness (QED) is 0.274. The SMILES string of the molecule is COCC(=O)N1CCN2C[C@H]1C(=O)NC[C@H]1O[C@@H](CC(=O)N[C@H]3C[C@@H](C2=O)N(C2CCOCC2)C3)[C@H](O)[C@@H]1O. The van der Waals surface area contributed by atoms with Crippen molar-refractivity contribution < 1.29 is 43.6 Å². The number of aliphatic hydroxyl groups excluding tert-OH is 2. The topological polar surface area (TPSA) is 170 Å². The molecule has 5 heterocycles. The van der Waals surface area contributed by atoms with Gasteiger partial charge in [0, 0.05) is 58.6 Å². The summed E-state index contributed by atoms with van der Waals surface area (Å²) in [6.07, 6.45) is -2.68. The molecular formula is C25H39N5O9. The normalized spacial score (nSPS) is 37.1. The van der Waals surface area contributed by atoms with Gasteiger partial charge in [0.15, 0.2) is 0 Å². The van der Waals surface area contributed by atoms with Crippen LogP contribution in [-0.4, -0.2) is 157 Å². The van der Waals surface area contributed by atoms with Gasteiger partial charge in [-0.2, -0.15) is 0 Å². The van der Waals surface area contributed by atoms with Crippen LogP contribution >= 0.6 is 0 Å². The summed E-state index contributed by atoms with van der Waals surface area (Å²) >= 11 is 0. The molecule has 4 N–H and O–H groups in total. The van der Waals surface area contributed by atoms with E-state index in [-0.39, 0.29) is 69.0 Å². The van der Waals surface area contributed by atoms with Crippen molar-refractivity contribution in [1.29, 1.82) is 0 Å². The summed E-state index contributed by atoms with van der Waals surface area (Å²) in [4.78, 5) is 58.2. The Morgan fingerprint density at radius 1 is 1.05 bits per heavy atom. The maximum absolute atomic E-state index is 13.9. The van der Waals surface area contributed by atoms with Crippen LogP contribution < -0.4 is 10.6 Å². The van der Waals surface area contributed by atoms with Crippen LogP contribution in [0.5, 0.6) is 0 Å². The molecule has 7 atom stereocenters. The molecule has 5 aliphatic heterocycles. The van der Waals surface area contributed by atoms with Gasteiger partial charge in [-0.05, 0) is 19.3 Å². The first-order valence-corrected chi connectivity index (χ1v) is 13.8. The molecule has 4 amide bonds. The Bertz CT molecular complexity index is 947. The van der Waals surface area contributed by atoms with Gasteiger partial charge in [-0.25, -0.2) is 0 Å². The molecule has 14 nitrogen and oxygen atoms in total. The molecule has 218 valence electrons. The average Bonchev–Trinajstić information content (AvgIpc) is 3.47. The number of amides is 4. The smallest absolute Gasteiger partial charge is 0.249 e. The predicted octanol–water partition coefficient (Wildman–Crippen LogP) is -3.58. The lowest BCUT2D eigenvalue weighted by molar-refractivity contribution is -0.152. The van der Waals surface area contributed by atoms with Crippen molar-refractivity contribution in [3.63, 3.8) is 0 Å². The van der Waals surface area contributed by atoms with E-state index in [4.69, 9.17) is 14.2 Å². The summed E-state index contributed by atoms with van der Waals surface area (Å²) in [6, 6.07) is -1.61. The zero-order valence-corrected chi connectivity index (χ0v) is 22.2. The molecule has 5 fully saturated rings. The fourth-order valence-electron chi connectivity index (χ4n) is 6.50. The van der Waals surface area contributed by atoms with E-state index in [1.165, 1.54) is 12.0 Å². The molecule has 0 aromatic heterocycles. The number of fused-ring (bicyclic) bond motifs is 6. The van der Waals surface area contributed by atoms with E-state index in [1.54, 1.807) is 4.90 Å². The summed E-state index contributed by atoms with van der Waals surface area (Å²) in [5, 5.41) is 26.7. The maximum Gasteiger partial charge on any atom is 0.249 e. The number of piperazine rings is 1. The largest absolute Gasteiger partial charge is 0.388 e. The van der Waals surface area contributed by atoms with Gasteiger partial charge in [-0.1, -0.05) is 0 Å². The minimum atomic E-state index is -1.30. The third kappa shape index (κ3) is 5.91. The molecule has 0 spiro atoms. The Morgan fingerprint density at radius 2 is 1.79 bits per heavy atom. The van der Waals surface area contributed by atoms with Crippen LogP contribution in [0.4, 0.5) is 0 Å². The Labute approximate surface area is 226 Å². The van der Waals surface area contributed by atoms with Crippen LogP contribution in [0.25, 0.3) is 0 Å². The molecule has 5 saturated heterocycles. The lowest BCUT2D eigenvalue weighted by atomic mass is 10.0. The van der Waals surface area contributed by atoms with Crippen molar-refractivity contribution in [2.24, 2.45) is 0 Å². The Balaban J connectivity index is 1.42. The fourth-order valence-corrected chi connectivity index (χ4v) is 6.50. The number of nitrogens with zero attached hydrogens (tertiary/aromatic N) is 3. The van der Waals surface area contributed by atoms with Crippen LogP contribution in [0, 0.1) is 0 Å². The maximum atomic E-state index is 13.9. The van der Waals surface area contributed by atoms with Crippen LogP contribution in [0.1, 0.15) is 25.7 Å². The number of likely N-dealkylation sites (tertiary alicyclic amines) is 1. The predicted molar refractivity (Wildman–Crippen MR) is 133 cm³/mol. The molecule has 0 radical (unpaired) electrons. The molecule has 0 aromatic carbocycles. The van der Waals surface area contributed by atoms with Gasteiger partial charge in [0.1, 0.15) is 31.0 Å². The first-order chi connectivity index (χ1) is 18.8. The number of ether oxygens (including phenoxy) is 3. The van der Waals surface area contributed by atoms with Gasteiger partial charge in [0.2, 0.25) is 23.6 Å². The van der Waals surface area contributed by atoms with Crippen molar-refractivity contribution in [3.8, 4) is 0 Å². The summed E-state index contributed by atoms with van der Waals surface area (Å²) in [6.45, 7) is 1.80. The highest BCUT2D eigenvalue weighted by atomic mass is 16.5. The minimum Gasteiger partial charge on any atom is -0.388 e. The molecular weight excluding hydrogens is 514 g/mol. The standard InChI is InChI=1S/C25H39N5O9/c1-37-13-21(32)29-5-4-28-12-17(29)24(35)26-10-19-23(34)22(33)18(39-19)9-20(31)27-14-8-16(25(28)36)30(11-14)15-2-6-38-7-3-15/h14-19,22-23,33-34H,2-13H2,1H3,(H,26,35)(H,27,31)/t14-,16-,17-,18-,19+,22-,23+/m0/s1. The lowest BCUT2D eigenvalue weighted by Crippen LogP contribution is -2.64. The molecule has 5 aliphatic rings. The van der Waals surface area contributed by atoms with E-state index >= 15 is 0 Å². The van der Waals surface area contributed by atoms with E-state index in [2.05, 4.69) is 15.5 Å². The van der Waals surface area contributed by atoms with Crippen molar-refractivity contribution >= 4 is 23.6 Å². The second-order valence-electron chi connectivity index (χ2n) is 11.0. The third-order valence-corrected chi connectivity index (χ3v) is 8.56. The first kappa shape index (κ1) is 28.2. The zero-order chi connectivity index (χ0) is 27.7. The van der Waals surface area contributed by atoms with Gasteiger partial charge in [-0.15, -0.1) is 0 Å². The zero-order valence-electron chi connectivity index (χ0n) is 22.2. The molecule has 0 aliphatic carbocycles. The van der Waals surface area contributed by atoms with Crippen LogP contribution in [0.2, 0.25) is 0 Å². The van der Waals surface area contributed by atoms with Gasteiger partial charge < -0.3 is 44.9 Å². The molecule has 6 bridgehead atoms. The van der Waals surface area contributed by atoms with Gasteiger partial charge in [0.25, 0.3) is 0 Å². The highest BCUT2D eigenvalue weighted by molar-refractivity contribution is 5.90. The average molecular weight is 554 g/mol. The Hall–Kier alpha value is -2.36. The molecule has 0 aromatic rings. The second-order valence-corrected chi connectivity index (χ2v) is 11.0. The van der Waals surface area contributed by atoms with Gasteiger partial charge >= 0.3 is 0 Å². The Morgan fingerprint density at radius 3 is 2.54 bits per heavy atom. The summed E-state index contributed by atoms with van der Waals surface area (Å²) in [5.74, 6) is -1.32. The monoisotopic (exact) mass is 553 g/mol. The summed E-state index contributed by atoms with van der Waals surface area (Å²) in [5.41, 5.74) is 0. The molecule has 0 unspecified atom stereocenters. The molecule has 0 saturated carbocycles. The highest BCUT2D eigenvalue weighted by Crippen LogP contribution is 2.29. The minimum absolute atomic E-state index is 0.00852. The van der Waals surface area contributed by atoms with E-state index in [0.717, 1.165) is 12.8 Å². The van der Waals surface area contributed by atoms with Crippen molar-refractivity contribution in [2.45, 2.75) is 74.3 Å². The highest BCUT2D eigenvalue weighted by Gasteiger charge is 2.47. The fraction of sp³-hybridized carbons (Fsp3) is 0.840. The number of hydrogen-bond donors (Lipinski definition) is 4. The van der Waals surface area contributed by atoms with E-state index in [1.807, 2.05) is 0 Å². The van der Waals surface area contributed by atoms with Crippen LogP contribution in [0.15, 0.2) is 0 Å². The van der Waals surface area contributed by atoms with Crippen LogP contribution in [0.3, 0.4) is 0 Å². The number of hydrogen-bond acceptors (Lipinski definition) is 10. The van der Waals surface area contributed by atoms with Crippen molar-refractivity contribution in [2.75, 3.05) is 59.7 Å². The number of carbonyl (C=O) groups is 4. The number of carbonyl (C=O) groups excluding carboxylic acids is 4. The van der Waals surface area contributed by atoms with Gasteiger partial charge in [0.05, 0.1) is 25.1 Å². The van der Waals surface area contributed by atoms with Crippen molar-refractivity contribution in [3.05, 3.63) is 0 Å². The summed E-state index contributed by atoms with van der Waals surface area (Å²) in [7, 11) is 1.40. The van der Waals surface area contributed by atoms with E-state index < -0.39 is 42.4 Å². The number of rotatable bonds is 3. The third-order valence-electron chi connectivity index (χ3n) is 8.56. The lowest BCUT2D eigenvalue weighted by Gasteiger charge is -2.43. The number of nitrogens with one attached hydrogen (secondary N) is 2. The first-order valence-electron chi connectivity index (χ1n) is 13.8. The molecule has 5 rings (SSSR count). The van der Waals surface area contributed by atoms with Crippen LogP contribution in [-0.2, 0) is 33.4 Å². The van der Waals surface area contributed by atoms with E-state index in [9.17, 15) is 29.4 Å². The Kier molecular flexibility index (Phi) is 8.69. The number of methoxy groups -OCH3 is 1. The second kappa shape index (κ2) is 12.0. The molecule has 14 heteroatoms. The summed E-state index contributed by atoms with van der Waals surface area (Å²) < 4.78 is 16.3. The van der Waals surface area contributed by atoms with Crippen molar-refractivity contribution in [1.82, 2.24) is 25.3 Å². The number of aliphatic hydroxyl groups is 2. The van der Waals surface area contributed by atoms with E-state index in [0.29, 0.717) is 26.2 Å².